The molecule has 2 rings (SSSR count). The molecule has 0 saturated heterocycles. The summed E-state index contributed by atoms with van der Waals surface area (Å²) in [6.45, 7) is 3.59. The van der Waals surface area contributed by atoms with E-state index in [0.717, 1.165) is 20.7 Å². The topological polar surface area (TPSA) is 107 Å². The van der Waals surface area contributed by atoms with E-state index in [9.17, 15) is 9.59 Å². The highest BCUT2D eigenvalue weighted by molar-refractivity contribution is 7.18. The maximum atomic E-state index is 11.3. The molecule has 100 valence electrons. The lowest BCUT2D eigenvalue weighted by molar-refractivity contribution is -0.121. The second-order valence-electron chi connectivity index (χ2n) is 3.84. The number of carbonyl (C=O) groups is 2. The molecule has 0 fully saturated rings. The summed E-state index contributed by atoms with van der Waals surface area (Å²) in [6, 6.07) is -0.913. The highest BCUT2D eigenvalue weighted by atomic mass is 32.1. The van der Waals surface area contributed by atoms with Crippen molar-refractivity contribution in [3.05, 3.63) is 16.8 Å². The third-order valence-corrected chi connectivity index (χ3v) is 3.65. The minimum atomic E-state index is -0.913. The summed E-state index contributed by atoms with van der Waals surface area (Å²) in [5, 5.41) is 2.70. The first-order valence-corrected chi connectivity index (χ1v) is 6.23. The van der Waals surface area contributed by atoms with E-state index in [1.165, 1.54) is 17.7 Å². The summed E-state index contributed by atoms with van der Waals surface area (Å²) in [4.78, 5) is 31.9. The van der Waals surface area contributed by atoms with Crippen molar-refractivity contribution in [2.75, 3.05) is 6.61 Å². The minimum absolute atomic E-state index is 0.325. The van der Waals surface area contributed by atoms with Gasteiger partial charge >= 0.3 is 6.03 Å². The van der Waals surface area contributed by atoms with Gasteiger partial charge in [-0.1, -0.05) is 0 Å². The van der Waals surface area contributed by atoms with Gasteiger partial charge in [0.2, 0.25) is 5.88 Å². The van der Waals surface area contributed by atoms with Crippen LogP contribution in [0, 0.1) is 13.8 Å². The fourth-order valence-electron chi connectivity index (χ4n) is 1.57. The summed E-state index contributed by atoms with van der Waals surface area (Å²) in [7, 11) is 0. The van der Waals surface area contributed by atoms with E-state index in [1.807, 2.05) is 19.2 Å². The van der Waals surface area contributed by atoms with Crippen molar-refractivity contribution in [1.82, 2.24) is 15.3 Å². The van der Waals surface area contributed by atoms with Crippen molar-refractivity contribution in [1.29, 1.82) is 0 Å². The second-order valence-corrected chi connectivity index (χ2v) is 5.05. The molecule has 7 nitrogen and oxygen atoms in total. The summed E-state index contributed by atoms with van der Waals surface area (Å²) in [6.07, 6.45) is 1.37. The van der Waals surface area contributed by atoms with E-state index in [-0.39, 0.29) is 6.61 Å². The summed E-state index contributed by atoms with van der Waals surface area (Å²) in [5.41, 5.74) is 5.85. The average molecular weight is 280 g/mol. The second kappa shape index (κ2) is 5.19. The van der Waals surface area contributed by atoms with Crippen LogP contribution in [0.5, 0.6) is 5.88 Å². The molecule has 0 aliphatic rings. The molecule has 0 unspecified atom stereocenters. The number of amides is 3. The van der Waals surface area contributed by atoms with Crippen molar-refractivity contribution >= 4 is 33.5 Å². The molecule has 2 heterocycles. The van der Waals surface area contributed by atoms with Crippen LogP contribution in [-0.4, -0.2) is 28.5 Å². The van der Waals surface area contributed by atoms with Crippen molar-refractivity contribution in [2.45, 2.75) is 13.8 Å². The quantitative estimate of drug-likeness (QED) is 0.867. The lowest BCUT2D eigenvalue weighted by atomic mass is 10.2. The predicted molar refractivity (Wildman–Crippen MR) is 70.1 cm³/mol. The molecular weight excluding hydrogens is 268 g/mol. The molecule has 0 aromatic carbocycles. The number of nitrogens with zero attached hydrogens (tertiary/aromatic N) is 2. The van der Waals surface area contributed by atoms with E-state index < -0.39 is 11.9 Å². The number of aryl methyl sites for hydroxylation is 2. The van der Waals surface area contributed by atoms with Gasteiger partial charge in [-0.2, -0.15) is 0 Å². The first kappa shape index (κ1) is 13.2. The fourth-order valence-corrected chi connectivity index (χ4v) is 2.55. The van der Waals surface area contributed by atoms with E-state index >= 15 is 0 Å². The number of ether oxygens (including phenoxy) is 1. The van der Waals surface area contributed by atoms with Crippen LogP contribution in [0.1, 0.15) is 10.4 Å². The molecule has 3 N–H and O–H groups in total. The highest BCUT2D eigenvalue weighted by Gasteiger charge is 2.14. The lowest BCUT2D eigenvalue weighted by Crippen LogP contribution is -2.38. The number of imide groups is 1. The van der Waals surface area contributed by atoms with Crippen molar-refractivity contribution in [3.8, 4) is 5.88 Å². The number of hydrogen-bond acceptors (Lipinski definition) is 6. The van der Waals surface area contributed by atoms with E-state index in [4.69, 9.17) is 10.5 Å². The Morgan fingerprint density at radius 3 is 2.84 bits per heavy atom. The molecule has 0 atom stereocenters. The number of fused-ring (bicyclic) bond motifs is 1. The minimum Gasteiger partial charge on any atom is -0.467 e. The SMILES string of the molecule is Cc1sc2ncnc(OCC(=O)NC(N)=O)c2c1C. The van der Waals surface area contributed by atoms with Crippen LogP contribution in [-0.2, 0) is 4.79 Å². The van der Waals surface area contributed by atoms with Gasteiger partial charge in [-0.15, -0.1) is 11.3 Å². The maximum Gasteiger partial charge on any atom is 0.318 e. The first-order chi connectivity index (χ1) is 8.99. The van der Waals surface area contributed by atoms with Crippen molar-refractivity contribution in [3.63, 3.8) is 0 Å². The fraction of sp³-hybridized carbons (Fsp3) is 0.273. The van der Waals surface area contributed by atoms with E-state index in [2.05, 4.69) is 9.97 Å². The Morgan fingerprint density at radius 2 is 2.16 bits per heavy atom. The highest BCUT2D eigenvalue weighted by Crippen LogP contribution is 2.33. The molecule has 0 spiro atoms. The van der Waals surface area contributed by atoms with Crippen LogP contribution < -0.4 is 15.8 Å². The van der Waals surface area contributed by atoms with Gasteiger partial charge in [0.25, 0.3) is 5.91 Å². The smallest absolute Gasteiger partial charge is 0.318 e. The Hall–Kier alpha value is -2.22. The molecule has 0 aliphatic heterocycles. The monoisotopic (exact) mass is 280 g/mol. The van der Waals surface area contributed by atoms with E-state index in [0.29, 0.717) is 5.88 Å². The standard InChI is InChI=1S/C11H12N4O3S/c1-5-6(2)19-10-8(5)9(13-4-14-10)18-3-7(16)15-11(12)17/h4H,3H2,1-2H3,(H3,12,15,16,17). The third-order valence-electron chi connectivity index (χ3n) is 2.53. The zero-order valence-electron chi connectivity index (χ0n) is 10.4. The van der Waals surface area contributed by atoms with Gasteiger partial charge in [-0.25, -0.2) is 14.8 Å². The molecule has 0 radical (unpaired) electrons. The largest absolute Gasteiger partial charge is 0.467 e. The Balaban J connectivity index is 2.21. The number of rotatable bonds is 3. The van der Waals surface area contributed by atoms with Gasteiger partial charge in [0.1, 0.15) is 11.2 Å². The molecule has 19 heavy (non-hydrogen) atoms. The molecule has 3 amide bonds. The van der Waals surface area contributed by atoms with E-state index in [1.54, 1.807) is 0 Å². The molecule has 0 aliphatic carbocycles. The van der Waals surface area contributed by atoms with Gasteiger partial charge in [-0.05, 0) is 19.4 Å². The Morgan fingerprint density at radius 1 is 1.42 bits per heavy atom. The number of aromatic nitrogens is 2. The Bertz CT molecular complexity index is 653. The van der Waals surface area contributed by atoms with Gasteiger partial charge in [0.05, 0.1) is 5.39 Å². The zero-order chi connectivity index (χ0) is 14.0. The first-order valence-electron chi connectivity index (χ1n) is 5.42. The van der Waals surface area contributed by atoms with Gasteiger partial charge in [-0.3, -0.25) is 10.1 Å². The van der Waals surface area contributed by atoms with Crippen LogP contribution in [0.3, 0.4) is 0 Å². The number of hydrogen-bond donors (Lipinski definition) is 2. The summed E-state index contributed by atoms with van der Waals surface area (Å²) < 4.78 is 5.31. The molecule has 0 bridgehead atoms. The number of nitrogens with one attached hydrogen (secondary N) is 1. The molecular formula is C11H12N4O3S. The van der Waals surface area contributed by atoms with Gasteiger partial charge < -0.3 is 10.5 Å². The lowest BCUT2D eigenvalue weighted by Gasteiger charge is -2.05. The van der Waals surface area contributed by atoms with Crippen LogP contribution in [0.25, 0.3) is 10.2 Å². The number of nitrogens with two attached hydrogens (primary N) is 1. The number of thiophene rings is 1. The van der Waals surface area contributed by atoms with Crippen molar-refractivity contribution < 1.29 is 14.3 Å². The number of urea groups is 1. The molecule has 2 aromatic heterocycles. The molecule has 2 aromatic rings. The number of primary amides is 1. The molecule has 8 heteroatoms. The summed E-state index contributed by atoms with van der Waals surface area (Å²) in [5.74, 6) is -0.296. The van der Waals surface area contributed by atoms with Crippen LogP contribution in [0.2, 0.25) is 0 Å². The predicted octanol–water partition coefficient (Wildman–Crippen LogP) is 0.882. The van der Waals surface area contributed by atoms with Crippen LogP contribution in [0.4, 0.5) is 4.79 Å². The Labute approximate surface area is 112 Å². The van der Waals surface area contributed by atoms with Crippen LogP contribution in [0.15, 0.2) is 6.33 Å². The average Bonchev–Trinajstić information content (AvgIpc) is 2.62. The maximum absolute atomic E-state index is 11.3. The summed E-state index contributed by atoms with van der Waals surface area (Å²) >= 11 is 1.53. The van der Waals surface area contributed by atoms with Crippen LogP contribution >= 0.6 is 11.3 Å². The third kappa shape index (κ3) is 2.79. The Kier molecular flexibility index (Phi) is 3.61. The molecule has 0 saturated carbocycles. The van der Waals surface area contributed by atoms with Gasteiger partial charge in [0.15, 0.2) is 6.61 Å². The normalized spacial score (nSPS) is 10.4. The van der Waals surface area contributed by atoms with Crippen molar-refractivity contribution in [2.24, 2.45) is 5.73 Å². The zero-order valence-corrected chi connectivity index (χ0v) is 11.2. The van der Waals surface area contributed by atoms with Gasteiger partial charge in [0, 0.05) is 4.88 Å². The number of carbonyl (C=O) groups excluding carboxylic acids is 2.